The van der Waals surface area contributed by atoms with Crippen LogP contribution in [0.15, 0.2) is 30.6 Å². The number of Topliss-reactive ketones (excluding diaryl/α,β-unsaturated/α-hetero) is 1. The quantitative estimate of drug-likeness (QED) is 0.276. The predicted molar refractivity (Wildman–Crippen MR) is 140 cm³/mol. The predicted octanol–water partition coefficient (Wildman–Crippen LogP) is 3.13. The Morgan fingerprint density at radius 2 is 1.82 bits per heavy atom. The van der Waals surface area contributed by atoms with Crippen molar-refractivity contribution < 1.29 is 28.6 Å². The maximum absolute atomic E-state index is 13.6. The van der Waals surface area contributed by atoms with E-state index < -0.39 is 12.1 Å². The molecule has 1 amide bonds. The van der Waals surface area contributed by atoms with E-state index in [0.717, 1.165) is 17.0 Å². The van der Waals surface area contributed by atoms with Crippen molar-refractivity contribution in [1.29, 1.82) is 5.41 Å². The van der Waals surface area contributed by atoms with Crippen molar-refractivity contribution in [3.05, 3.63) is 57.9 Å². The number of imidazole rings is 1. The molecule has 1 saturated heterocycles. The number of benzene rings is 1. The SMILES string of the molecule is COc1c(N2CCOCC2)cc(C(=O)Cn2cc3cc(Cl)c(C(=O)OC(N)=O)cn3c2=N)cc1C(C)(C)C. The van der Waals surface area contributed by atoms with Crippen molar-refractivity contribution >= 4 is 40.7 Å². The minimum absolute atomic E-state index is 0.0138. The molecular formula is C26H30ClN5O6. The number of amides is 1. The fourth-order valence-electron chi connectivity index (χ4n) is 4.43. The van der Waals surface area contributed by atoms with Gasteiger partial charge in [0.25, 0.3) is 0 Å². The molecule has 0 unspecified atom stereocenters. The van der Waals surface area contributed by atoms with Crippen LogP contribution in [0.4, 0.5) is 10.5 Å². The van der Waals surface area contributed by atoms with Crippen LogP contribution in [0.2, 0.25) is 5.02 Å². The number of ether oxygens (including phenoxy) is 3. The summed E-state index contributed by atoms with van der Waals surface area (Å²) < 4.78 is 18.6. The van der Waals surface area contributed by atoms with Crippen LogP contribution >= 0.6 is 11.6 Å². The standard InChI is InChI=1S/C26H30ClN5O6/c1-26(2,3)18-9-15(10-20(22(18)36-4)30-5-7-37-8-6-30)21(33)14-31-12-16-11-19(27)17(13-32(16)24(31)28)23(34)38-25(29)35/h9-13,28H,5-8,14H2,1-4H3,(H2,29,35). The molecule has 0 atom stereocenters. The number of methoxy groups -OCH3 is 1. The topological polar surface area (TPSA) is 141 Å². The van der Waals surface area contributed by atoms with Gasteiger partial charge in [-0.2, -0.15) is 0 Å². The highest BCUT2D eigenvalue weighted by molar-refractivity contribution is 6.34. The van der Waals surface area contributed by atoms with Crippen molar-refractivity contribution in [3.63, 3.8) is 0 Å². The second-order valence-electron chi connectivity index (χ2n) is 9.97. The number of nitrogens with zero attached hydrogens (tertiary/aromatic N) is 3. The van der Waals surface area contributed by atoms with E-state index in [1.165, 1.54) is 21.2 Å². The Balaban J connectivity index is 1.73. The molecule has 202 valence electrons. The van der Waals surface area contributed by atoms with E-state index in [2.05, 4.69) is 30.4 Å². The summed E-state index contributed by atoms with van der Waals surface area (Å²) in [6, 6.07) is 5.12. The molecule has 11 nitrogen and oxygen atoms in total. The van der Waals surface area contributed by atoms with Crippen molar-refractivity contribution in [1.82, 2.24) is 8.97 Å². The van der Waals surface area contributed by atoms with E-state index in [4.69, 9.17) is 32.2 Å². The molecule has 0 bridgehead atoms. The highest BCUT2D eigenvalue weighted by Gasteiger charge is 2.27. The van der Waals surface area contributed by atoms with E-state index in [-0.39, 0.29) is 33.9 Å². The number of carbonyl (C=O) groups is 3. The zero-order valence-electron chi connectivity index (χ0n) is 21.7. The number of carbonyl (C=O) groups excluding carboxylic acids is 3. The van der Waals surface area contributed by atoms with Crippen LogP contribution in [-0.2, 0) is 21.4 Å². The van der Waals surface area contributed by atoms with Gasteiger partial charge in [0, 0.05) is 36.6 Å². The Kier molecular flexibility index (Phi) is 7.52. The number of hydrogen-bond donors (Lipinski definition) is 2. The van der Waals surface area contributed by atoms with E-state index in [9.17, 15) is 14.4 Å². The van der Waals surface area contributed by atoms with E-state index in [1.807, 2.05) is 12.1 Å². The molecule has 1 fully saturated rings. The lowest BCUT2D eigenvalue weighted by Gasteiger charge is -2.33. The molecule has 0 aliphatic carbocycles. The average Bonchev–Trinajstić information content (AvgIpc) is 3.15. The number of halogens is 1. The number of aromatic nitrogens is 2. The van der Waals surface area contributed by atoms with Gasteiger partial charge in [0.2, 0.25) is 5.62 Å². The number of nitrogens with two attached hydrogens (primary N) is 1. The van der Waals surface area contributed by atoms with Crippen molar-refractivity contribution in [2.24, 2.45) is 5.73 Å². The van der Waals surface area contributed by atoms with E-state index in [1.54, 1.807) is 13.3 Å². The second kappa shape index (κ2) is 10.5. The maximum Gasteiger partial charge on any atom is 0.412 e. The Labute approximate surface area is 224 Å². The lowest BCUT2D eigenvalue weighted by atomic mass is 9.84. The molecule has 1 aliphatic rings. The Bertz CT molecular complexity index is 1480. The molecule has 3 heterocycles. The fourth-order valence-corrected chi connectivity index (χ4v) is 4.67. The summed E-state index contributed by atoms with van der Waals surface area (Å²) in [6.45, 7) is 8.57. The number of ketones is 1. The molecular weight excluding hydrogens is 514 g/mol. The summed E-state index contributed by atoms with van der Waals surface area (Å²) >= 11 is 6.20. The second-order valence-corrected chi connectivity index (χ2v) is 10.4. The lowest BCUT2D eigenvalue weighted by Crippen LogP contribution is -2.37. The van der Waals surface area contributed by atoms with Gasteiger partial charge in [0.1, 0.15) is 5.75 Å². The number of nitrogens with one attached hydrogen (secondary N) is 1. The number of morpholine rings is 1. The van der Waals surface area contributed by atoms with Gasteiger partial charge in [-0.1, -0.05) is 32.4 Å². The molecule has 1 aromatic carbocycles. The van der Waals surface area contributed by atoms with Crippen LogP contribution < -0.4 is 21.0 Å². The van der Waals surface area contributed by atoms with Crippen molar-refractivity contribution in [2.45, 2.75) is 32.7 Å². The molecule has 12 heteroatoms. The summed E-state index contributed by atoms with van der Waals surface area (Å²) in [7, 11) is 1.63. The zero-order chi connectivity index (χ0) is 27.8. The molecule has 0 saturated carbocycles. The molecule has 2 aromatic heterocycles. The number of rotatable bonds is 6. The molecule has 3 aromatic rings. The van der Waals surface area contributed by atoms with Crippen LogP contribution in [0.5, 0.6) is 5.75 Å². The minimum Gasteiger partial charge on any atom is -0.494 e. The largest absolute Gasteiger partial charge is 0.494 e. The summed E-state index contributed by atoms with van der Waals surface area (Å²) in [5.74, 6) is -0.519. The maximum atomic E-state index is 13.6. The summed E-state index contributed by atoms with van der Waals surface area (Å²) in [6.07, 6.45) is 1.59. The number of fused-ring (bicyclic) bond motifs is 1. The minimum atomic E-state index is -1.27. The van der Waals surface area contributed by atoms with Crippen LogP contribution in [0, 0.1) is 5.41 Å². The van der Waals surface area contributed by atoms with E-state index >= 15 is 0 Å². The first-order valence-corrected chi connectivity index (χ1v) is 12.3. The van der Waals surface area contributed by atoms with Crippen molar-refractivity contribution in [3.8, 4) is 5.75 Å². The zero-order valence-corrected chi connectivity index (χ0v) is 22.4. The molecule has 1 aliphatic heterocycles. The molecule has 4 rings (SSSR count). The summed E-state index contributed by atoms with van der Waals surface area (Å²) in [4.78, 5) is 38.9. The van der Waals surface area contributed by atoms with Gasteiger partial charge in [-0.3, -0.25) is 14.6 Å². The fraction of sp³-hybridized carbons (Fsp3) is 0.385. The van der Waals surface area contributed by atoms with Crippen LogP contribution in [0.1, 0.15) is 47.1 Å². The highest BCUT2D eigenvalue weighted by atomic mass is 35.5. The first-order valence-electron chi connectivity index (χ1n) is 12.0. The normalized spacial score (nSPS) is 14.0. The summed E-state index contributed by atoms with van der Waals surface area (Å²) in [5, 5.41) is 8.59. The lowest BCUT2D eigenvalue weighted by molar-refractivity contribution is 0.0637. The number of primary amides is 1. The van der Waals surface area contributed by atoms with Crippen LogP contribution in [0.3, 0.4) is 0 Å². The summed E-state index contributed by atoms with van der Waals surface area (Å²) in [5.41, 5.74) is 7.10. The third-order valence-corrected chi connectivity index (χ3v) is 6.65. The van der Waals surface area contributed by atoms with Gasteiger partial charge >= 0.3 is 12.1 Å². The molecule has 0 spiro atoms. The number of esters is 1. The third kappa shape index (κ3) is 5.39. The monoisotopic (exact) mass is 543 g/mol. The molecule has 0 radical (unpaired) electrons. The van der Waals surface area contributed by atoms with Gasteiger partial charge in [-0.05, 0) is 23.6 Å². The smallest absolute Gasteiger partial charge is 0.412 e. The number of hydrogen-bond acceptors (Lipinski definition) is 8. The number of anilines is 1. The van der Waals surface area contributed by atoms with Gasteiger partial charge < -0.3 is 29.4 Å². The Morgan fingerprint density at radius 3 is 2.42 bits per heavy atom. The third-order valence-electron chi connectivity index (χ3n) is 6.34. The first-order chi connectivity index (χ1) is 17.9. The Hall–Kier alpha value is -3.83. The van der Waals surface area contributed by atoms with Gasteiger partial charge in [-0.15, -0.1) is 0 Å². The first kappa shape index (κ1) is 27.2. The van der Waals surface area contributed by atoms with Crippen LogP contribution in [-0.4, -0.2) is 60.2 Å². The van der Waals surface area contributed by atoms with Crippen molar-refractivity contribution in [2.75, 3.05) is 38.3 Å². The van der Waals surface area contributed by atoms with Gasteiger partial charge in [0.15, 0.2) is 5.78 Å². The molecule has 3 N–H and O–H groups in total. The van der Waals surface area contributed by atoms with Crippen LogP contribution in [0.25, 0.3) is 5.52 Å². The number of pyridine rings is 1. The van der Waals surface area contributed by atoms with Gasteiger partial charge in [0.05, 0.1) is 48.7 Å². The highest BCUT2D eigenvalue weighted by Crippen LogP contribution is 2.40. The van der Waals surface area contributed by atoms with E-state index in [0.29, 0.717) is 37.4 Å². The molecule has 38 heavy (non-hydrogen) atoms. The van der Waals surface area contributed by atoms with Gasteiger partial charge in [-0.25, -0.2) is 9.59 Å². The average molecular weight is 544 g/mol. The Morgan fingerprint density at radius 1 is 1.13 bits per heavy atom.